The van der Waals surface area contributed by atoms with E-state index in [1.807, 2.05) is 24.3 Å². The monoisotopic (exact) mass is 176 g/mol. The van der Waals surface area contributed by atoms with Gasteiger partial charge in [-0.15, -0.1) is 0 Å². The fraction of sp³-hybridized carbons (Fsp3) is 0.500. The zero-order valence-corrected chi connectivity index (χ0v) is 8.46. The van der Waals surface area contributed by atoms with Crippen molar-refractivity contribution in [3.63, 3.8) is 0 Å². The molecule has 0 bridgehead atoms. The number of hydrogen-bond acceptors (Lipinski definition) is 1. The van der Waals surface area contributed by atoms with E-state index in [9.17, 15) is 0 Å². The molecule has 0 spiro atoms. The van der Waals surface area contributed by atoms with Crippen molar-refractivity contribution in [1.29, 1.82) is 0 Å². The van der Waals surface area contributed by atoms with E-state index in [2.05, 4.69) is 19.9 Å². The number of nitrogens with two attached hydrogens (primary N) is 1. The lowest BCUT2D eigenvalue weighted by Gasteiger charge is -2.15. The zero-order valence-electron chi connectivity index (χ0n) is 8.46. The van der Waals surface area contributed by atoms with Crippen LogP contribution in [0.4, 0.5) is 0 Å². The second-order valence-corrected chi connectivity index (χ2v) is 3.69. The van der Waals surface area contributed by atoms with Crippen molar-refractivity contribution in [2.75, 3.05) is 0 Å². The van der Waals surface area contributed by atoms with Gasteiger partial charge in [-0.3, -0.25) is 0 Å². The van der Waals surface area contributed by atoms with Crippen LogP contribution in [0.15, 0.2) is 24.3 Å². The summed E-state index contributed by atoms with van der Waals surface area (Å²) in [5, 5.41) is 0. The van der Waals surface area contributed by atoms with Crippen molar-refractivity contribution in [2.45, 2.75) is 32.7 Å². The molecular formula is C12H18N. The van der Waals surface area contributed by atoms with Gasteiger partial charge >= 0.3 is 0 Å². The number of hydrogen-bond donors (Lipinski definition) is 1. The SMILES string of the molecule is CCC(C)CC(N)c1cc[c]cc1. The van der Waals surface area contributed by atoms with Gasteiger partial charge in [0, 0.05) is 6.04 Å². The second kappa shape index (κ2) is 5.03. The quantitative estimate of drug-likeness (QED) is 0.750. The third kappa shape index (κ3) is 3.19. The lowest BCUT2D eigenvalue weighted by Crippen LogP contribution is -2.13. The Hall–Kier alpha value is -0.820. The minimum atomic E-state index is 0.185. The summed E-state index contributed by atoms with van der Waals surface area (Å²) in [5.41, 5.74) is 7.28. The molecular weight excluding hydrogens is 158 g/mol. The Balaban J connectivity index is 2.53. The van der Waals surface area contributed by atoms with E-state index in [1.165, 1.54) is 12.0 Å². The van der Waals surface area contributed by atoms with Gasteiger partial charge in [-0.25, -0.2) is 0 Å². The van der Waals surface area contributed by atoms with Gasteiger partial charge in [0.15, 0.2) is 0 Å². The van der Waals surface area contributed by atoms with Crippen LogP contribution in [0.25, 0.3) is 0 Å². The van der Waals surface area contributed by atoms with Gasteiger partial charge in [-0.1, -0.05) is 44.5 Å². The molecule has 2 unspecified atom stereocenters. The predicted octanol–water partition coefficient (Wildman–Crippen LogP) is 2.92. The van der Waals surface area contributed by atoms with Crippen LogP contribution in [-0.4, -0.2) is 0 Å². The topological polar surface area (TPSA) is 26.0 Å². The lowest BCUT2D eigenvalue weighted by atomic mass is 9.95. The molecule has 1 heteroatoms. The Labute approximate surface area is 81.0 Å². The van der Waals surface area contributed by atoms with E-state index in [0.29, 0.717) is 5.92 Å². The van der Waals surface area contributed by atoms with Crippen LogP contribution < -0.4 is 5.73 Å². The van der Waals surface area contributed by atoms with Crippen LogP contribution in [0, 0.1) is 12.0 Å². The average molecular weight is 176 g/mol. The van der Waals surface area contributed by atoms with Gasteiger partial charge in [-0.05, 0) is 24.0 Å². The summed E-state index contributed by atoms with van der Waals surface area (Å²) < 4.78 is 0. The highest BCUT2D eigenvalue weighted by atomic mass is 14.6. The summed E-state index contributed by atoms with van der Waals surface area (Å²) in [6.45, 7) is 4.45. The van der Waals surface area contributed by atoms with Crippen molar-refractivity contribution in [2.24, 2.45) is 11.7 Å². The largest absolute Gasteiger partial charge is 0.324 e. The number of benzene rings is 1. The number of rotatable bonds is 4. The van der Waals surface area contributed by atoms with Crippen LogP contribution in [0.1, 0.15) is 38.3 Å². The summed E-state index contributed by atoms with van der Waals surface area (Å²) >= 11 is 0. The van der Waals surface area contributed by atoms with Crippen molar-refractivity contribution in [3.05, 3.63) is 35.9 Å². The van der Waals surface area contributed by atoms with E-state index in [-0.39, 0.29) is 6.04 Å². The van der Waals surface area contributed by atoms with E-state index >= 15 is 0 Å². The molecule has 2 atom stereocenters. The van der Waals surface area contributed by atoms with Crippen LogP contribution in [0.3, 0.4) is 0 Å². The van der Waals surface area contributed by atoms with Gasteiger partial charge in [0.2, 0.25) is 0 Å². The molecule has 0 fully saturated rings. The molecule has 0 amide bonds. The molecule has 71 valence electrons. The molecule has 1 nitrogen and oxygen atoms in total. The summed E-state index contributed by atoms with van der Waals surface area (Å²) in [6.07, 6.45) is 2.27. The smallest absolute Gasteiger partial charge is 0.0297 e. The van der Waals surface area contributed by atoms with Gasteiger partial charge in [-0.2, -0.15) is 0 Å². The summed E-state index contributed by atoms with van der Waals surface area (Å²) in [4.78, 5) is 0. The molecule has 1 aromatic rings. The highest BCUT2D eigenvalue weighted by Gasteiger charge is 2.08. The highest BCUT2D eigenvalue weighted by molar-refractivity contribution is 5.17. The van der Waals surface area contributed by atoms with Gasteiger partial charge in [0.25, 0.3) is 0 Å². The summed E-state index contributed by atoms with van der Waals surface area (Å²) in [5.74, 6) is 0.708. The Bertz CT molecular complexity index is 230. The first-order valence-electron chi connectivity index (χ1n) is 4.95. The standard InChI is InChI=1S/C12H18N/c1-3-10(2)9-12(13)11-7-5-4-6-8-11/h5-8,10,12H,3,9,13H2,1-2H3. The van der Waals surface area contributed by atoms with E-state index in [0.717, 1.165) is 6.42 Å². The Kier molecular flexibility index (Phi) is 3.97. The molecule has 0 aromatic heterocycles. The summed E-state index contributed by atoms with van der Waals surface area (Å²) in [6, 6.07) is 11.1. The molecule has 2 N–H and O–H groups in total. The first-order chi connectivity index (χ1) is 6.24. The Morgan fingerprint density at radius 2 is 2.00 bits per heavy atom. The Morgan fingerprint density at radius 3 is 2.54 bits per heavy atom. The van der Waals surface area contributed by atoms with Crippen molar-refractivity contribution >= 4 is 0 Å². The molecule has 1 aromatic carbocycles. The minimum Gasteiger partial charge on any atom is -0.324 e. The fourth-order valence-electron chi connectivity index (χ4n) is 1.38. The first-order valence-corrected chi connectivity index (χ1v) is 4.95. The van der Waals surface area contributed by atoms with Crippen LogP contribution >= 0.6 is 0 Å². The fourth-order valence-corrected chi connectivity index (χ4v) is 1.38. The molecule has 0 aliphatic rings. The van der Waals surface area contributed by atoms with Gasteiger partial charge in [0.1, 0.15) is 0 Å². The van der Waals surface area contributed by atoms with Crippen molar-refractivity contribution in [1.82, 2.24) is 0 Å². The Morgan fingerprint density at radius 1 is 1.38 bits per heavy atom. The third-order valence-corrected chi connectivity index (χ3v) is 2.53. The maximum Gasteiger partial charge on any atom is 0.0297 e. The van der Waals surface area contributed by atoms with Gasteiger partial charge in [0.05, 0.1) is 0 Å². The van der Waals surface area contributed by atoms with Crippen molar-refractivity contribution < 1.29 is 0 Å². The van der Waals surface area contributed by atoms with Crippen LogP contribution in [-0.2, 0) is 0 Å². The second-order valence-electron chi connectivity index (χ2n) is 3.69. The third-order valence-electron chi connectivity index (χ3n) is 2.53. The maximum absolute atomic E-state index is 6.06. The van der Waals surface area contributed by atoms with E-state index in [1.54, 1.807) is 0 Å². The summed E-state index contributed by atoms with van der Waals surface area (Å²) in [7, 11) is 0. The molecule has 0 aliphatic carbocycles. The molecule has 1 radical (unpaired) electrons. The molecule has 0 heterocycles. The van der Waals surface area contributed by atoms with Crippen LogP contribution in [0.5, 0.6) is 0 Å². The van der Waals surface area contributed by atoms with E-state index in [4.69, 9.17) is 5.73 Å². The lowest BCUT2D eigenvalue weighted by molar-refractivity contribution is 0.461. The molecule has 0 saturated carbocycles. The first kappa shape index (κ1) is 10.3. The van der Waals surface area contributed by atoms with E-state index < -0.39 is 0 Å². The minimum absolute atomic E-state index is 0.185. The zero-order chi connectivity index (χ0) is 9.68. The molecule has 13 heavy (non-hydrogen) atoms. The predicted molar refractivity (Wildman–Crippen MR) is 56.3 cm³/mol. The highest BCUT2D eigenvalue weighted by Crippen LogP contribution is 2.19. The molecule has 0 saturated heterocycles. The van der Waals surface area contributed by atoms with Crippen LogP contribution in [0.2, 0.25) is 0 Å². The molecule has 0 aliphatic heterocycles. The van der Waals surface area contributed by atoms with Crippen molar-refractivity contribution in [3.8, 4) is 0 Å². The molecule has 1 rings (SSSR count). The maximum atomic E-state index is 6.06. The normalized spacial score (nSPS) is 15.3. The van der Waals surface area contributed by atoms with Gasteiger partial charge < -0.3 is 5.73 Å². The average Bonchev–Trinajstić information content (AvgIpc) is 2.19.